The van der Waals surface area contributed by atoms with Crippen molar-refractivity contribution in [2.24, 2.45) is 16.6 Å². The van der Waals surface area contributed by atoms with Crippen molar-refractivity contribution in [3.8, 4) is 5.75 Å². The number of aromatic hydroxyl groups is 1. The average molecular weight is 280 g/mol. The highest BCUT2D eigenvalue weighted by Crippen LogP contribution is 2.52. The Morgan fingerprint density at radius 2 is 1.85 bits per heavy atom. The number of rotatable bonds is 2. The summed E-state index contributed by atoms with van der Waals surface area (Å²) in [5, 5.41) is 12.0. The first-order valence-corrected chi connectivity index (χ1v) is 6.63. The molecule has 20 heavy (non-hydrogen) atoms. The quantitative estimate of drug-likeness (QED) is 0.776. The third-order valence-electron chi connectivity index (χ3n) is 4.56. The highest BCUT2D eigenvalue weighted by atomic mass is 19.1. The van der Waals surface area contributed by atoms with E-state index in [1.54, 1.807) is 0 Å². The van der Waals surface area contributed by atoms with Gasteiger partial charge in [0.1, 0.15) is 11.6 Å². The number of phenolic OH excluding ortho intramolecular Hbond substituents is 1. The Bertz CT molecular complexity index is 539. The summed E-state index contributed by atoms with van der Waals surface area (Å²) in [7, 11) is 0. The van der Waals surface area contributed by atoms with E-state index in [2.05, 4.69) is 5.32 Å². The van der Waals surface area contributed by atoms with Gasteiger partial charge in [0.15, 0.2) is 0 Å². The van der Waals surface area contributed by atoms with Gasteiger partial charge in [-0.3, -0.25) is 4.79 Å². The summed E-state index contributed by atoms with van der Waals surface area (Å²) in [5.74, 6) is -1.42. The van der Waals surface area contributed by atoms with Gasteiger partial charge in [0.25, 0.3) is 5.91 Å². The lowest BCUT2D eigenvalue weighted by atomic mass is 9.48. The van der Waals surface area contributed by atoms with Crippen LogP contribution in [0.3, 0.4) is 0 Å². The molecule has 0 bridgehead atoms. The zero-order valence-electron chi connectivity index (χ0n) is 12.2. The number of carbonyl (C=O) groups is 1. The molecular formula is C15H21FN2O2. The minimum atomic E-state index is -0.735. The summed E-state index contributed by atoms with van der Waals surface area (Å²) in [4.78, 5) is 12.2. The van der Waals surface area contributed by atoms with Crippen LogP contribution >= 0.6 is 0 Å². The molecule has 1 saturated carbocycles. The van der Waals surface area contributed by atoms with Crippen LogP contribution in [0.4, 0.5) is 4.39 Å². The maximum atomic E-state index is 13.7. The Hall–Kier alpha value is -1.62. The van der Waals surface area contributed by atoms with Gasteiger partial charge in [0, 0.05) is 29.0 Å². The van der Waals surface area contributed by atoms with Gasteiger partial charge in [0.2, 0.25) is 0 Å². The van der Waals surface area contributed by atoms with E-state index in [0.29, 0.717) is 0 Å². The van der Waals surface area contributed by atoms with E-state index in [9.17, 15) is 14.3 Å². The summed E-state index contributed by atoms with van der Waals surface area (Å²) >= 11 is 0. The van der Waals surface area contributed by atoms with E-state index >= 15 is 0 Å². The largest absolute Gasteiger partial charge is 0.508 e. The molecule has 2 rings (SSSR count). The number of hydrogen-bond acceptors (Lipinski definition) is 3. The van der Waals surface area contributed by atoms with Crippen LogP contribution in [0.2, 0.25) is 0 Å². The van der Waals surface area contributed by atoms with Gasteiger partial charge < -0.3 is 16.2 Å². The fourth-order valence-electron chi connectivity index (χ4n) is 3.45. The zero-order valence-corrected chi connectivity index (χ0v) is 12.2. The average Bonchev–Trinajstić information content (AvgIpc) is 2.34. The molecule has 1 aromatic carbocycles. The predicted molar refractivity (Wildman–Crippen MR) is 74.9 cm³/mol. The van der Waals surface area contributed by atoms with Crippen molar-refractivity contribution < 1.29 is 14.3 Å². The second kappa shape index (κ2) is 4.45. The van der Waals surface area contributed by atoms with Gasteiger partial charge in [-0.1, -0.05) is 27.7 Å². The number of halogens is 1. The monoisotopic (exact) mass is 280 g/mol. The smallest absolute Gasteiger partial charge is 0.254 e. The molecule has 0 atom stereocenters. The summed E-state index contributed by atoms with van der Waals surface area (Å²) in [6.45, 7) is 7.95. The normalized spacial score (nSPS) is 26.7. The Kier molecular flexibility index (Phi) is 3.29. The predicted octanol–water partition coefficient (Wildman–Crippen LogP) is 2.02. The van der Waals surface area contributed by atoms with Gasteiger partial charge in [-0.25, -0.2) is 4.39 Å². The molecule has 0 heterocycles. The summed E-state index contributed by atoms with van der Waals surface area (Å²) in [6.07, 6.45) is 0. The van der Waals surface area contributed by atoms with E-state index in [4.69, 9.17) is 5.73 Å². The molecule has 110 valence electrons. The number of nitrogens with one attached hydrogen (secondary N) is 1. The Morgan fingerprint density at radius 1 is 1.30 bits per heavy atom. The molecule has 1 amide bonds. The SMILES string of the molecule is CC1(C)C(N)C(C)(C)C1NC(=O)c1ccc(O)cc1F. The molecule has 4 N–H and O–H groups in total. The van der Waals surface area contributed by atoms with Crippen molar-refractivity contribution in [3.63, 3.8) is 0 Å². The van der Waals surface area contributed by atoms with Crippen LogP contribution in [0.1, 0.15) is 38.1 Å². The fraction of sp³-hybridized carbons (Fsp3) is 0.533. The van der Waals surface area contributed by atoms with Crippen LogP contribution in [0.15, 0.2) is 18.2 Å². The second-order valence-corrected chi connectivity index (χ2v) is 6.69. The maximum absolute atomic E-state index is 13.7. The standard InChI is InChI=1S/C15H21FN2O2/c1-14(2)12(17)15(3,4)13(14)18-11(20)9-6-5-8(19)7-10(9)16/h5-7,12-13,19H,17H2,1-4H3,(H,18,20). The van der Waals surface area contributed by atoms with Crippen molar-refractivity contribution >= 4 is 5.91 Å². The maximum Gasteiger partial charge on any atom is 0.254 e. The van der Waals surface area contributed by atoms with Crippen LogP contribution < -0.4 is 11.1 Å². The molecule has 4 nitrogen and oxygen atoms in total. The molecule has 5 heteroatoms. The summed E-state index contributed by atoms with van der Waals surface area (Å²) in [6, 6.07) is 3.33. The van der Waals surface area contributed by atoms with Gasteiger partial charge in [-0.2, -0.15) is 0 Å². The summed E-state index contributed by atoms with van der Waals surface area (Å²) < 4.78 is 13.7. The first-order chi connectivity index (χ1) is 9.08. The lowest BCUT2D eigenvalue weighted by Crippen LogP contribution is -2.76. The molecule has 1 fully saturated rings. The van der Waals surface area contributed by atoms with Crippen molar-refractivity contribution in [1.82, 2.24) is 5.32 Å². The van der Waals surface area contributed by atoms with Crippen molar-refractivity contribution in [3.05, 3.63) is 29.6 Å². The number of phenols is 1. The third-order valence-corrected chi connectivity index (χ3v) is 4.56. The van der Waals surface area contributed by atoms with Crippen molar-refractivity contribution in [2.45, 2.75) is 39.8 Å². The van der Waals surface area contributed by atoms with E-state index in [1.165, 1.54) is 12.1 Å². The Balaban J connectivity index is 2.20. The van der Waals surface area contributed by atoms with Crippen LogP contribution in [0, 0.1) is 16.6 Å². The fourth-order valence-corrected chi connectivity index (χ4v) is 3.45. The van der Waals surface area contributed by atoms with Gasteiger partial charge in [-0.05, 0) is 12.1 Å². The van der Waals surface area contributed by atoms with Crippen LogP contribution in [-0.2, 0) is 0 Å². The first-order valence-electron chi connectivity index (χ1n) is 6.63. The van der Waals surface area contributed by atoms with E-state index < -0.39 is 11.7 Å². The number of carbonyl (C=O) groups excluding carboxylic acids is 1. The van der Waals surface area contributed by atoms with Crippen LogP contribution in [0.25, 0.3) is 0 Å². The molecule has 1 aromatic rings. The highest BCUT2D eigenvalue weighted by molar-refractivity contribution is 5.95. The van der Waals surface area contributed by atoms with E-state index in [-0.39, 0.29) is 34.2 Å². The molecule has 0 radical (unpaired) electrons. The topological polar surface area (TPSA) is 75.3 Å². The lowest BCUT2D eigenvalue weighted by Gasteiger charge is -2.62. The molecule has 0 aromatic heterocycles. The molecule has 1 aliphatic carbocycles. The zero-order chi connectivity index (χ0) is 15.3. The van der Waals surface area contributed by atoms with Crippen molar-refractivity contribution in [2.75, 3.05) is 0 Å². The van der Waals surface area contributed by atoms with E-state index in [0.717, 1.165) is 6.07 Å². The molecule has 0 spiro atoms. The molecular weight excluding hydrogens is 259 g/mol. The molecule has 0 unspecified atom stereocenters. The Morgan fingerprint density at radius 3 is 2.35 bits per heavy atom. The first kappa shape index (κ1) is 14.8. The van der Waals surface area contributed by atoms with Crippen LogP contribution in [-0.4, -0.2) is 23.1 Å². The number of hydrogen-bond donors (Lipinski definition) is 3. The number of benzene rings is 1. The molecule has 0 aliphatic heterocycles. The third kappa shape index (κ3) is 2.06. The van der Waals surface area contributed by atoms with Crippen molar-refractivity contribution in [1.29, 1.82) is 0 Å². The van der Waals surface area contributed by atoms with Gasteiger partial charge >= 0.3 is 0 Å². The van der Waals surface area contributed by atoms with E-state index in [1.807, 2.05) is 27.7 Å². The number of amides is 1. The Labute approximate surface area is 118 Å². The van der Waals surface area contributed by atoms with Gasteiger partial charge in [-0.15, -0.1) is 0 Å². The minimum Gasteiger partial charge on any atom is -0.508 e. The molecule has 1 aliphatic rings. The number of nitrogens with two attached hydrogens (primary N) is 1. The minimum absolute atomic E-state index is 0.0371. The molecule has 0 saturated heterocycles. The van der Waals surface area contributed by atoms with Crippen LogP contribution in [0.5, 0.6) is 5.75 Å². The summed E-state index contributed by atoms with van der Waals surface area (Å²) in [5.41, 5.74) is 5.57. The second-order valence-electron chi connectivity index (χ2n) is 6.69. The van der Waals surface area contributed by atoms with Gasteiger partial charge in [0.05, 0.1) is 5.56 Å². The lowest BCUT2D eigenvalue weighted by molar-refractivity contribution is -0.0664. The highest BCUT2D eigenvalue weighted by Gasteiger charge is 2.60.